The van der Waals surface area contributed by atoms with Gasteiger partial charge in [0.2, 0.25) is 0 Å². The maximum absolute atomic E-state index is 9.65. The third-order valence-corrected chi connectivity index (χ3v) is 4.64. The number of rotatable bonds is 3. The first kappa shape index (κ1) is 10.4. The number of aliphatic hydroxyl groups excluding tert-OH is 1. The highest BCUT2D eigenvalue weighted by molar-refractivity contribution is 8.01. The van der Waals surface area contributed by atoms with Gasteiger partial charge in [0, 0.05) is 11.7 Å². The van der Waals surface area contributed by atoms with E-state index in [4.69, 9.17) is 0 Å². The van der Waals surface area contributed by atoms with Crippen molar-refractivity contribution in [2.75, 3.05) is 0 Å². The van der Waals surface area contributed by atoms with Crippen molar-refractivity contribution in [3.63, 3.8) is 0 Å². The third-order valence-electron chi connectivity index (χ3n) is 2.44. The minimum Gasteiger partial charge on any atom is -0.392 e. The zero-order valence-electron chi connectivity index (χ0n) is 8.14. The number of aromatic nitrogens is 2. The second kappa shape index (κ2) is 4.59. The molecular weight excluding hydrogens is 216 g/mol. The van der Waals surface area contributed by atoms with Crippen molar-refractivity contribution in [3.05, 3.63) is 5.82 Å². The second-order valence-corrected chi connectivity index (χ2v) is 5.72. The molecule has 0 aliphatic heterocycles. The molecule has 1 N–H and O–H groups in total. The van der Waals surface area contributed by atoms with Crippen LogP contribution in [0.1, 0.15) is 32.0 Å². The highest BCUT2D eigenvalue weighted by Gasteiger charge is 2.27. The van der Waals surface area contributed by atoms with Crippen LogP contribution in [-0.2, 0) is 6.42 Å². The quantitative estimate of drug-likeness (QED) is 0.864. The summed E-state index contributed by atoms with van der Waals surface area (Å²) in [5, 5.41) is 9.99. The molecule has 3 nitrogen and oxygen atoms in total. The Morgan fingerprint density at radius 1 is 1.57 bits per heavy atom. The molecule has 0 bridgehead atoms. The lowest BCUT2D eigenvalue weighted by Gasteiger charge is -2.10. The zero-order chi connectivity index (χ0) is 9.97. The lowest BCUT2D eigenvalue weighted by atomic mass is 10.3. The third kappa shape index (κ3) is 2.27. The predicted octanol–water partition coefficient (Wildman–Crippen LogP) is 2.11. The van der Waals surface area contributed by atoms with Crippen molar-refractivity contribution in [2.45, 2.75) is 48.3 Å². The van der Waals surface area contributed by atoms with E-state index in [1.165, 1.54) is 11.5 Å². The molecule has 1 aromatic heterocycles. The van der Waals surface area contributed by atoms with Gasteiger partial charge in [-0.15, -0.1) is 0 Å². The van der Waals surface area contributed by atoms with Crippen LogP contribution in [0.2, 0.25) is 0 Å². The summed E-state index contributed by atoms with van der Waals surface area (Å²) in [5.41, 5.74) is 0. The van der Waals surface area contributed by atoms with Gasteiger partial charge in [-0.2, -0.15) is 4.37 Å². The molecule has 5 heteroatoms. The van der Waals surface area contributed by atoms with Crippen LogP contribution in [0.4, 0.5) is 0 Å². The van der Waals surface area contributed by atoms with E-state index in [9.17, 15) is 5.11 Å². The largest absolute Gasteiger partial charge is 0.392 e. The number of thioether (sulfide) groups is 1. The van der Waals surface area contributed by atoms with E-state index in [0.29, 0.717) is 5.25 Å². The molecule has 78 valence electrons. The summed E-state index contributed by atoms with van der Waals surface area (Å²) in [7, 11) is 0. The van der Waals surface area contributed by atoms with Crippen LogP contribution in [0.15, 0.2) is 4.34 Å². The summed E-state index contributed by atoms with van der Waals surface area (Å²) in [4.78, 5) is 4.39. The number of hydrogen-bond acceptors (Lipinski definition) is 5. The molecule has 14 heavy (non-hydrogen) atoms. The highest BCUT2D eigenvalue weighted by atomic mass is 32.2. The van der Waals surface area contributed by atoms with Gasteiger partial charge in [0.1, 0.15) is 5.82 Å². The van der Waals surface area contributed by atoms with Crippen molar-refractivity contribution >= 4 is 23.3 Å². The van der Waals surface area contributed by atoms with Crippen LogP contribution in [0, 0.1) is 0 Å². The van der Waals surface area contributed by atoms with Gasteiger partial charge in [0.15, 0.2) is 4.34 Å². The van der Waals surface area contributed by atoms with Crippen LogP contribution < -0.4 is 0 Å². The Labute approximate surface area is 92.1 Å². The maximum Gasteiger partial charge on any atom is 0.170 e. The van der Waals surface area contributed by atoms with Crippen molar-refractivity contribution in [1.82, 2.24) is 9.36 Å². The lowest BCUT2D eigenvalue weighted by molar-refractivity contribution is 0.188. The Morgan fingerprint density at radius 2 is 2.43 bits per heavy atom. The van der Waals surface area contributed by atoms with Crippen molar-refractivity contribution < 1.29 is 5.11 Å². The van der Waals surface area contributed by atoms with Gasteiger partial charge in [-0.1, -0.05) is 18.7 Å². The highest BCUT2D eigenvalue weighted by Crippen LogP contribution is 2.35. The van der Waals surface area contributed by atoms with Gasteiger partial charge in [-0.25, -0.2) is 4.98 Å². The molecule has 0 amide bonds. The van der Waals surface area contributed by atoms with E-state index in [-0.39, 0.29) is 6.10 Å². The Hall–Kier alpha value is -0.130. The molecule has 0 spiro atoms. The molecule has 0 radical (unpaired) electrons. The van der Waals surface area contributed by atoms with Gasteiger partial charge >= 0.3 is 0 Å². The average Bonchev–Trinajstić information content (AvgIpc) is 2.77. The fraction of sp³-hybridized carbons (Fsp3) is 0.778. The molecule has 0 unspecified atom stereocenters. The Balaban J connectivity index is 1.96. The summed E-state index contributed by atoms with van der Waals surface area (Å²) in [6, 6.07) is 0. The number of nitrogens with zero attached hydrogens (tertiary/aromatic N) is 2. The molecular formula is C9H14N2OS2. The molecule has 1 saturated carbocycles. The topological polar surface area (TPSA) is 46.0 Å². The minimum atomic E-state index is -0.144. The molecule has 1 aliphatic rings. The monoisotopic (exact) mass is 230 g/mol. The first-order chi connectivity index (χ1) is 6.79. The first-order valence-electron chi connectivity index (χ1n) is 4.97. The predicted molar refractivity (Wildman–Crippen MR) is 58.8 cm³/mol. The van der Waals surface area contributed by atoms with Crippen LogP contribution >= 0.6 is 23.3 Å². The first-order valence-corrected chi connectivity index (χ1v) is 6.62. The van der Waals surface area contributed by atoms with Crippen molar-refractivity contribution in [3.8, 4) is 0 Å². The Kier molecular flexibility index (Phi) is 3.41. The van der Waals surface area contributed by atoms with E-state index in [2.05, 4.69) is 16.3 Å². The molecule has 0 aromatic carbocycles. The van der Waals surface area contributed by atoms with E-state index in [0.717, 1.165) is 35.8 Å². The van der Waals surface area contributed by atoms with Gasteiger partial charge < -0.3 is 5.11 Å². The van der Waals surface area contributed by atoms with Crippen molar-refractivity contribution in [1.29, 1.82) is 0 Å². The number of aliphatic hydroxyl groups is 1. The van der Waals surface area contributed by atoms with Crippen LogP contribution in [0.5, 0.6) is 0 Å². The smallest absolute Gasteiger partial charge is 0.170 e. The minimum absolute atomic E-state index is 0.144. The van der Waals surface area contributed by atoms with Gasteiger partial charge in [0.25, 0.3) is 0 Å². The average molecular weight is 230 g/mol. The van der Waals surface area contributed by atoms with Gasteiger partial charge in [0.05, 0.1) is 6.10 Å². The standard InChI is InChI=1S/C9H14N2OS2/c1-2-8-10-9(14-11-8)13-7-5-3-4-6(7)12/h6-7,12H,2-5H2,1H3/t6-,7-/m0/s1. The molecule has 0 saturated heterocycles. The molecule has 1 aliphatic carbocycles. The van der Waals surface area contributed by atoms with Crippen LogP contribution in [0.25, 0.3) is 0 Å². The molecule has 2 rings (SSSR count). The fourth-order valence-corrected chi connectivity index (χ4v) is 3.75. The lowest BCUT2D eigenvalue weighted by Crippen LogP contribution is -2.14. The fourth-order valence-electron chi connectivity index (χ4n) is 1.60. The molecule has 1 heterocycles. The van der Waals surface area contributed by atoms with Gasteiger partial charge in [-0.05, 0) is 30.8 Å². The van der Waals surface area contributed by atoms with E-state index < -0.39 is 0 Å². The Morgan fingerprint density at radius 3 is 3.00 bits per heavy atom. The van der Waals surface area contributed by atoms with Crippen LogP contribution in [0.3, 0.4) is 0 Å². The van der Waals surface area contributed by atoms with Crippen LogP contribution in [-0.4, -0.2) is 25.8 Å². The van der Waals surface area contributed by atoms with E-state index >= 15 is 0 Å². The zero-order valence-corrected chi connectivity index (χ0v) is 9.77. The maximum atomic E-state index is 9.65. The van der Waals surface area contributed by atoms with E-state index in [1.807, 2.05) is 0 Å². The normalized spacial score (nSPS) is 27.0. The number of hydrogen-bond donors (Lipinski definition) is 1. The summed E-state index contributed by atoms with van der Waals surface area (Å²) >= 11 is 3.14. The number of aryl methyl sites for hydroxylation is 1. The molecule has 1 aromatic rings. The van der Waals surface area contributed by atoms with Gasteiger partial charge in [-0.3, -0.25) is 0 Å². The summed E-state index contributed by atoms with van der Waals surface area (Å²) in [6.07, 6.45) is 3.93. The summed E-state index contributed by atoms with van der Waals surface area (Å²) < 4.78 is 5.24. The summed E-state index contributed by atoms with van der Waals surface area (Å²) in [6.45, 7) is 2.06. The molecule has 1 fully saturated rings. The molecule has 2 atom stereocenters. The van der Waals surface area contributed by atoms with E-state index in [1.54, 1.807) is 11.8 Å². The van der Waals surface area contributed by atoms with Crippen molar-refractivity contribution in [2.24, 2.45) is 0 Å². The SMILES string of the molecule is CCc1nsc(S[C@H]2CCC[C@@H]2O)n1. The second-order valence-electron chi connectivity index (χ2n) is 3.48. The summed E-state index contributed by atoms with van der Waals surface area (Å²) in [5.74, 6) is 0.921. The Bertz CT molecular complexity index is 303.